The minimum Gasteiger partial charge on any atom is -0.480 e. The summed E-state index contributed by atoms with van der Waals surface area (Å²) >= 11 is 0. The Kier molecular flexibility index (Phi) is 6.81. The lowest BCUT2D eigenvalue weighted by Crippen LogP contribution is -2.55. The van der Waals surface area contributed by atoms with E-state index in [1.165, 1.54) is 38.5 Å². The fraction of sp³-hybridized carbons (Fsp3) is 0.929. The molecule has 0 amide bonds. The van der Waals surface area contributed by atoms with Gasteiger partial charge in [0.1, 0.15) is 11.8 Å². The molecular formula is C28H47NO4. The molecule has 0 saturated heterocycles. The molecule has 4 fully saturated rings. The highest BCUT2D eigenvalue weighted by molar-refractivity contribution is 5.79. The number of carbonyl (C=O) groups is 2. The Hall–Kier alpha value is -0.940. The average Bonchev–Trinajstić information content (AvgIpc) is 3.10. The molecule has 188 valence electrons. The number of carboxylic acid groups (broad SMARTS) is 1. The van der Waals surface area contributed by atoms with E-state index in [1.807, 2.05) is 20.8 Å². The number of carboxylic acids is 1. The van der Waals surface area contributed by atoms with Gasteiger partial charge < -0.3 is 10.2 Å². The summed E-state index contributed by atoms with van der Waals surface area (Å²) in [6.07, 6.45) is 11.5. The van der Waals surface area contributed by atoms with Crippen LogP contribution in [0.4, 0.5) is 0 Å². The van der Waals surface area contributed by atoms with Gasteiger partial charge in [-0.25, -0.2) is 0 Å². The second-order valence-electron chi connectivity index (χ2n) is 13.4. The zero-order valence-corrected chi connectivity index (χ0v) is 21.5. The fourth-order valence-electron chi connectivity index (χ4n) is 9.30. The summed E-state index contributed by atoms with van der Waals surface area (Å²) in [6, 6.07) is -0.602. The lowest BCUT2D eigenvalue weighted by Gasteiger charge is -2.61. The number of hydrogen-bond donors (Lipinski definition) is 3. The summed E-state index contributed by atoms with van der Waals surface area (Å²) in [5.41, 5.74) is -0.00305. The Morgan fingerprint density at radius 2 is 1.67 bits per heavy atom. The number of aliphatic hydroxyl groups excluding tert-OH is 1. The first kappa shape index (κ1) is 25.2. The number of Topliss-reactive ketones (excluding diaryl/α,β-unsaturated/α-hetero) is 1. The molecule has 33 heavy (non-hydrogen) atoms. The van der Waals surface area contributed by atoms with Crippen molar-refractivity contribution in [1.82, 2.24) is 5.32 Å². The summed E-state index contributed by atoms with van der Waals surface area (Å²) in [4.78, 5) is 24.3. The van der Waals surface area contributed by atoms with Gasteiger partial charge in [0.25, 0.3) is 0 Å². The van der Waals surface area contributed by atoms with Crippen molar-refractivity contribution < 1.29 is 19.8 Å². The molecule has 4 rings (SSSR count). The van der Waals surface area contributed by atoms with Crippen LogP contribution in [-0.2, 0) is 9.59 Å². The summed E-state index contributed by atoms with van der Waals surface area (Å²) in [5.74, 6) is 3.24. The summed E-state index contributed by atoms with van der Waals surface area (Å²) < 4.78 is 0. The fourth-order valence-corrected chi connectivity index (χ4v) is 9.30. The minimum absolute atomic E-state index is 0.0736. The molecule has 0 aromatic rings. The number of rotatable bonds is 7. The minimum atomic E-state index is -0.804. The van der Waals surface area contributed by atoms with E-state index < -0.39 is 17.6 Å². The zero-order valence-electron chi connectivity index (χ0n) is 21.5. The Morgan fingerprint density at radius 3 is 2.30 bits per heavy atom. The van der Waals surface area contributed by atoms with E-state index in [1.54, 1.807) is 0 Å². The van der Waals surface area contributed by atoms with E-state index in [2.05, 4.69) is 19.2 Å². The van der Waals surface area contributed by atoms with Crippen molar-refractivity contribution in [1.29, 1.82) is 0 Å². The van der Waals surface area contributed by atoms with Crippen molar-refractivity contribution >= 4 is 11.8 Å². The van der Waals surface area contributed by atoms with E-state index in [0.29, 0.717) is 35.4 Å². The molecule has 4 saturated carbocycles. The van der Waals surface area contributed by atoms with Crippen molar-refractivity contribution in [2.24, 2.45) is 46.3 Å². The van der Waals surface area contributed by atoms with Crippen LogP contribution in [0.1, 0.15) is 98.8 Å². The Bertz CT molecular complexity index is 765. The first-order chi connectivity index (χ1) is 15.4. The molecule has 0 spiro atoms. The third-order valence-corrected chi connectivity index (χ3v) is 11.1. The van der Waals surface area contributed by atoms with Gasteiger partial charge in [-0.1, -0.05) is 13.8 Å². The number of nitrogens with one attached hydrogen (secondary N) is 1. The molecule has 1 unspecified atom stereocenters. The molecular weight excluding hydrogens is 414 g/mol. The van der Waals surface area contributed by atoms with Crippen molar-refractivity contribution in [2.75, 3.05) is 6.61 Å². The van der Waals surface area contributed by atoms with E-state index >= 15 is 0 Å². The molecule has 5 heteroatoms. The first-order valence-corrected chi connectivity index (χ1v) is 13.5. The molecule has 0 radical (unpaired) electrons. The molecule has 4 aliphatic carbocycles. The largest absolute Gasteiger partial charge is 0.480 e. The highest BCUT2D eigenvalue weighted by atomic mass is 16.4. The van der Waals surface area contributed by atoms with Gasteiger partial charge in [-0.05, 0) is 125 Å². The maximum Gasteiger partial charge on any atom is 0.320 e. The van der Waals surface area contributed by atoms with Gasteiger partial charge in [0, 0.05) is 11.5 Å². The van der Waals surface area contributed by atoms with E-state index in [4.69, 9.17) is 0 Å². The maximum absolute atomic E-state index is 12.4. The number of hydrogen-bond acceptors (Lipinski definition) is 4. The molecule has 5 nitrogen and oxygen atoms in total. The normalized spacial score (nSPS) is 43.8. The Morgan fingerprint density at radius 1 is 1.00 bits per heavy atom. The second-order valence-corrected chi connectivity index (χ2v) is 13.4. The average molecular weight is 462 g/mol. The third-order valence-electron chi connectivity index (χ3n) is 11.1. The number of aliphatic carboxylic acids is 1. The lowest BCUT2D eigenvalue weighted by atomic mass is 9.44. The molecule has 0 aromatic carbocycles. The predicted octanol–water partition coefficient (Wildman–Crippen LogP) is 5.05. The molecule has 0 heterocycles. The number of fused-ring (bicyclic) bond motifs is 5. The van der Waals surface area contributed by atoms with Crippen LogP contribution in [0.5, 0.6) is 0 Å². The molecule has 0 aliphatic heterocycles. The summed E-state index contributed by atoms with van der Waals surface area (Å²) in [5, 5.41) is 22.6. The van der Waals surface area contributed by atoms with Gasteiger partial charge in [0.15, 0.2) is 0 Å². The summed E-state index contributed by atoms with van der Waals surface area (Å²) in [7, 11) is 0. The lowest BCUT2D eigenvalue weighted by molar-refractivity contribution is -0.142. The SMILES string of the molecule is CC(=O)[C@H]1CC[C@H]2[C@@H]3CC[C@H]4C[C@@H](CC(NC(C)(C)CO)C(=O)O)CC[C@]4(C)[C@H]3CC[C@]12C. The van der Waals surface area contributed by atoms with Crippen molar-refractivity contribution in [2.45, 2.75) is 110 Å². The smallest absolute Gasteiger partial charge is 0.320 e. The van der Waals surface area contributed by atoms with Crippen LogP contribution in [0, 0.1) is 46.3 Å². The Labute approximate surface area is 200 Å². The monoisotopic (exact) mass is 461 g/mol. The maximum atomic E-state index is 12.4. The third kappa shape index (κ3) is 4.42. The van der Waals surface area contributed by atoms with E-state index in [9.17, 15) is 19.8 Å². The van der Waals surface area contributed by atoms with Gasteiger partial charge in [0.05, 0.1) is 6.61 Å². The van der Waals surface area contributed by atoms with Gasteiger partial charge in [-0.3, -0.25) is 14.9 Å². The van der Waals surface area contributed by atoms with Crippen LogP contribution < -0.4 is 5.32 Å². The van der Waals surface area contributed by atoms with E-state index in [0.717, 1.165) is 31.1 Å². The van der Waals surface area contributed by atoms with Crippen molar-refractivity contribution in [3.63, 3.8) is 0 Å². The van der Waals surface area contributed by atoms with Gasteiger partial charge in [-0.2, -0.15) is 0 Å². The molecule has 0 aromatic heterocycles. The number of aliphatic hydroxyl groups is 1. The quantitative estimate of drug-likeness (QED) is 0.494. The van der Waals surface area contributed by atoms with Crippen molar-refractivity contribution in [3.05, 3.63) is 0 Å². The van der Waals surface area contributed by atoms with Crippen LogP contribution in [0.2, 0.25) is 0 Å². The zero-order chi connectivity index (χ0) is 24.2. The number of ketones is 1. The van der Waals surface area contributed by atoms with E-state index in [-0.39, 0.29) is 17.9 Å². The van der Waals surface area contributed by atoms with Crippen LogP contribution in [0.3, 0.4) is 0 Å². The van der Waals surface area contributed by atoms with Crippen molar-refractivity contribution in [3.8, 4) is 0 Å². The number of carbonyl (C=O) groups excluding carboxylic acids is 1. The second kappa shape index (κ2) is 8.93. The van der Waals surface area contributed by atoms with Gasteiger partial charge in [-0.15, -0.1) is 0 Å². The standard InChI is InChI=1S/C28H47NO4/c1-17(31)21-8-9-22-20-7-6-19-14-18(15-24(25(32)33)29-26(2,3)16-30)10-12-27(19,4)23(20)11-13-28(21,22)5/h18-24,29-30H,6-16H2,1-5H3,(H,32,33)/t18-,19-,20-,21+,22-,23-,24?,27-,28+/m0/s1. The molecule has 4 aliphatic rings. The predicted molar refractivity (Wildman–Crippen MR) is 130 cm³/mol. The molecule has 9 atom stereocenters. The van der Waals surface area contributed by atoms with Crippen LogP contribution in [-0.4, -0.2) is 40.2 Å². The first-order valence-electron chi connectivity index (χ1n) is 13.5. The molecule has 3 N–H and O–H groups in total. The van der Waals surface area contributed by atoms with Crippen LogP contribution in [0.25, 0.3) is 0 Å². The highest BCUT2D eigenvalue weighted by Gasteiger charge is 2.60. The van der Waals surface area contributed by atoms with Gasteiger partial charge >= 0.3 is 5.97 Å². The summed E-state index contributed by atoms with van der Waals surface area (Å²) in [6.45, 7) is 10.4. The topological polar surface area (TPSA) is 86.6 Å². The Balaban J connectivity index is 1.44. The van der Waals surface area contributed by atoms with Crippen LogP contribution >= 0.6 is 0 Å². The highest BCUT2D eigenvalue weighted by Crippen LogP contribution is 2.68. The molecule has 0 bridgehead atoms. The van der Waals surface area contributed by atoms with Gasteiger partial charge in [0.2, 0.25) is 0 Å². The van der Waals surface area contributed by atoms with Crippen LogP contribution in [0.15, 0.2) is 0 Å².